The lowest BCUT2D eigenvalue weighted by molar-refractivity contribution is -0.147. The normalized spacial score (nSPS) is 21.1. The van der Waals surface area contributed by atoms with Crippen molar-refractivity contribution in [2.45, 2.75) is 58.3 Å². The minimum Gasteiger partial charge on any atom is -0.481 e. The van der Waals surface area contributed by atoms with Gasteiger partial charge in [0, 0.05) is 15.8 Å². The number of Topliss-reactive ketones (excluding diaryl/α,β-unsaturated/α-hetero) is 1. The van der Waals surface area contributed by atoms with Gasteiger partial charge in [0.05, 0.1) is 17.4 Å². The number of aryl methyl sites for hydroxylation is 1. The molecule has 0 aliphatic heterocycles. The summed E-state index contributed by atoms with van der Waals surface area (Å²) in [5.41, 5.74) is 2.75. The van der Waals surface area contributed by atoms with Crippen LogP contribution in [0.2, 0.25) is 5.02 Å². The van der Waals surface area contributed by atoms with E-state index >= 15 is 0 Å². The van der Waals surface area contributed by atoms with E-state index in [1.807, 2.05) is 31.2 Å². The van der Waals surface area contributed by atoms with Gasteiger partial charge in [0.15, 0.2) is 5.78 Å². The van der Waals surface area contributed by atoms with Gasteiger partial charge in [-0.3, -0.25) is 14.4 Å². The number of hydrogen-bond acceptors (Lipinski definition) is 4. The first-order chi connectivity index (χ1) is 15.3. The molecular formula is C25H28ClNO4S. The van der Waals surface area contributed by atoms with Crippen molar-refractivity contribution in [3.05, 3.63) is 50.9 Å². The van der Waals surface area contributed by atoms with Gasteiger partial charge in [-0.1, -0.05) is 43.5 Å². The van der Waals surface area contributed by atoms with Crippen molar-refractivity contribution in [1.29, 1.82) is 0 Å². The number of halogens is 1. The van der Waals surface area contributed by atoms with Crippen LogP contribution in [0.4, 0.5) is 5.00 Å². The van der Waals surface area contributed by atoms with Crippen LogP contribution >= 0.6 is 22.9 Å². The molecule has 170 valence electrons. The number of hydrogen-bond donors (Lipinski definition) is 2. The zero-order valence-corrected chi connectivity index (χ0v) is 19.7. The highest BCUT2D eigenvalue weighted by Gasteiger charge is 2.37. The molecule has 1 amide bonds. The van der Waals surface area contributed by atoms with Crippen molar-refractivity contribution in [2.75, 3.05) is 5.32 Å². The summed E-state index contributed by atoms with van der Waals surface area (Å²) < 4.78 is 0. The highest BCUT2D eigenvalue weighted by atomic mass is 35.5. The quantitative estimate of drug-likeness (QED) is 0.499. The molecule has 2 N–H and O–H groups in total. The van der Waals surface area contributed by atoms with Crippen molar-refractivity contribution < 1.29 is 19.5 Å². The fraction of sp³-hybridized carbons (Fsp3) is 0.480. The molecule has 1 heterocycles. The van der Waals surface area contributed by atoms with E-state index in [9.17, 15) is 19.5 Å². The number of thiophene rings is 1. The first kappa shape index (κ1) is 23.0. The van der Waals surface area contributed by atoms with Crippen molar-refractivity contribution >= 4 is 45.6 Å². The van der Waals surface area contributed by atoms with Gasteiger partial charge in [0.1, 0.15) is 5.00 Å². The summed E-state index contributed by atoms with van der Waals surface area (Å²) in [6, 6.07) is 7.51. The number of rotatable bonds is 7. The highest BCUT2D eigenvalue weighted by Crippen LogP contribution is 2.41. The second-order valence-electron chi connectivity index (χ2n) is 8.98. The van der Waals surface area contributed by atoms with Crippen LogP contribution in [-0.2, 0) is 28.9 Å². The zero-order valence-electron chi connectivity index (χ0n) is 18.2. The van der Waals surface area contributed by atoms with E-state index in [0.717, 1.165) is 43.2 Å². The number of ketones is 1. The third kappa shape index (κ3) is 4.76. The largest absolute Gasteiger partial charge is 0.481 e. The number of aliphatic carboxylic acids is 1. The molecule has 4 rings (SSSR count). The molecule has 5 nitrogen and oxygen atoms in total. The summed E-state index contributed by atoms with van der Waals surface area (Å²) >= 11 is 7.46. The lowest BCUT2D eigenvalue weighted by atomic mass is 9.78. The predicted molar refractivity (Wildman–Crippen MR) is 127 cm³/mol. The number of carbonyl (C=O) groups is 3. The summed E-state index contributed by atoms with van der Waals surface area (Å²) in [5, 5.41) is 13.8. The molecule has 2 aliphatic carbocycles. The minimum atomic E-state index is -0.911. The topological polar surface area (TPSA) is 83.5 Å². The van der Waals surface area contributed by atoms with Gasteiger partial charge >= 0.3 is 5.97 Å². The molecule has 7 heteroatoms. The first-order valence-electron chi connectivity index (χ1n) is 11.3. The maximum absolute atomic E-state index is 13.5. The molecule has 1 fully saturated rings. The molecule has 3 unspecified atom stereocenters. The average molecular weight is 474 g/mol. The van der Waals surface area contributed by atoms with E-state index in [-0.39, 0.29) is 17.6 Å². The maximum Gasteiger partial charge on any atom is 0.307 e. The minimum absolute atomic E-state index is 0.0353. The van der Waals surface area contributed by atoms with Gasteiger partial charge in [-0.2, -0.15) is 0 Å². The van der Waals surface area contributed by atoms with Crippen LogP contribution in [0.1, 0.15) is 65.4 Å². The number of anilines is 1. The third-order valence-electron chi connectivity index (χ3n) is 6.73. The number of carbonyl (C=O) groups excluding carboxylic acids is 2. The molecule has 2 aromatic rings. The molecule has 0 bridgehead atoms. The lowest BCUT2D eigenvalue weighted by Crippen LogP contribution is -2.36. The fourth-order valence-electron chi connectivity index (χ4n) is 5.01. The van der Waals surface area contributed by atoms with Gasteiger partial charge < -0.3 is 10.4 Å². The van der Waals surface area contributed by atoms with Crippen molar-refractivity contribution in [1.82, 2.24) is 0 Å². The molecule has 0 spiro atoms. The monoisotopic (exact) mass is 473 g/mol. The molecule has 32 heavy (non-hydrogen) atoms. The van der Waals surface area contributed by atoms with Gasteiger partial charge in [-0.15, -0.1) is 11.3 Å². The second kappa shape index (κ2) is 9.75. The SMILES string of the molecule is CC(Cc1ccc(Cl)cc1)C(=O)c1c(NC(=O)C2CCCCC2C(=O)O)sc2c1CCC2. The molecule has 2 aliphatic rings. The van der Waals surface area contributed by atoms with E-state index in [1.54, 1.807) is 0 Å². The molecule has 3 atom stereocenters. The first-order valence-corrected chi connectivity index (χ1v) is 12.5. The van der Waals surface area contributed by atoms with E-state index in [2.05, 4.69) is 5.32 Å². The van der Waals surface area contributed by atoms with Crippen LogP contribution in [0.15, 0.2) is 24.3 Å². The van der Waals surface area contributed by atoms with E-state index < -0.39 is 17.8 Å². The van der Waals surface area contributed by atoms with Gasteiger partial charge in [-0.05, 0) is 61.8 Å². The summed E-state index contributed by atoms with van der Waals surface area (Å²) in [4.78, 5) is 39.4. The van der Waals surface area contributed by atoms with Gasteiger partial charge in [0.2, 0.25) is 5.91 Å². The molecule has 0 radical (unpaired) electrons. The van der Waals surface area contributed by atoms with Crippen LogP contribution in [0.5, 0.6) is 0 Å². The van der Waals surface area contributed by atoms with Gasteiger partial charge in [-0.25, -0.2) is 0 Å². The third-order valence-corrected chi connectivity index (χ3v) is 8.19. The zero-order chi connectivity index (χ0) is 22.8. The average Bonchev–Trinajstić information content (AvgIpc) is 3.35. The Morgan fingerprint density at radius 3 is 2.47 bits per heavy atom. The van der Waals surface area contributed by atoms with E-state index in [4.69, 9.17) is 11.6 Å². The fourth-order valence-corrected chi connectivity index (χ4v) is 6.43. The van der Waals surface area contributed by atoms with Crippen molar-refractivity contribution in [3.8, 4) is 0 Å². The van der Waals surface area contributed by atoms with Crippen molar-refractivity contribution in [3.63, 3.8) is 0 Å². The van der Waals surface area contributed by atoms with Crippen LogP contribution in [0.25, 0.3) is 0 Å². The number of nitrogens with one attached hydrogen (secondary N) is 1. The van der Waals surface area contributed by atoms with Crippen LogP contribution in [-0.4, -0.2) is 22.8 Å². The smallest absolute Gasteiger partial charge is 0.307 e. The van der Waals surface area contributed by atoms with Crippen LogP contribution < -0.4 is 5.32 Å². The number of amides is 1. The van der Waals surface area contributed by atoms with E-state index in [1.165, 1.54) is 16.2 Å². The Labute approximate surface area is 197 Å². The number of fused-ring (bicyclic) bond motifs is 1. The van der Waals surface area contributed by atoms with Crippen LogP contribution in [0.3, 0.4) is 0 Å². The number of carboxylic acids is 1. The Balaban J connectivity index is 1.56. The van der Waals surface area contributed by atoms with Crippen LogP contribution in [0, 0.1) is 17.8 Å². The van der Waals surface area contributed by atoms with E-state index in [0.29, 0.717) is 34.8 Å². The summed E-state index contributed by atoms with van der Waals surface area (Å²) in [6.45, 7) is 1.92. The van der Waals surface area contributed by atoms with Crippen molar-refractivity contribution in [2.24, 2.45) is 17.8 Å². The maximum atomic E-state index is 13.5. The lowest BCUT2D eigenvalue weighted by Gasteiger charge is -2.27. The summed E-state index contributed by atoms with van der Waals surface area (Å²) in [5.74, 6) is -2.59. The Morgan fingerprint density at radius 1 is 1.09 bits per heavy atom. The molecule has 1 aromatic carbocycles. The molecule has 1 saturated carbocycles. The molecule has 0 saturated heterocycles. The Kier molecular flexibility index (Phi) is 7.01. The number of carboxylic acid groups (broad SMARTS) is 1. The Hall–Kier alpha value is -2.18. The predicted octanol–water partition coefficient (Wildman–Crippen LogP) is 5.78. The highest BCUT2D eigenvalue weighted by molar-refractivity contribution is 7.17. The summed E-state index contributed by atoms with van der Waals surface area (Å²) in [7, 11) is 0. The standard InChI is InChI=1S/C25H28ClNO4S/c1-14(13-15-9-11-16(26)12-10-15)22(28)21-19-7-4-8-20(19)32-24(21)27-23(29)17-5-2-3-6-18(17)25(30)31/h9-12,14,17-18H,2-8,13H2,1H3,(H,27,29)(H,30,31). The Bertz CT molecular complexity index is 1030. The number of benzene rings is 1. The summed E-state index contributed by atoms with van der Waals surface area (Å²) in [6.07, 6.45) is 6.16. The second-order valence-corrected chi connectivity index (χ2v) is 10.5. The molecule has 1 aromatic heterocycles. The molecular weight excluding hydrogens is 446 g/mol. The Morgan fingerprint density at radius 2 is 1.78 bits per heavy atom. The van der Waals surface area contributed by atoms with Gasteiger partial charge in [0.25, 0.3) is 0 Å².